The largest absolute Gasteiger partial charge is 0.390 e. The van der Waals surface area contributed by atoms with E-state index in [9.17, 15) is 4.79 Å². The number of nitrogens with two attached hydrogens (primary N) is 1. The number of hydrogen-bond acceptors (Lipinski definition) is 3. The minimum absolute atomic E-state index is 0.116. The van der Waals surface area contributed by atoms with Crippen molar-refractivity contribution >= 4 is 22.2 Å². The minimum Gasteiger partial charge on any atom is -0.390 e. The van der Waals surface area contributed by atoms with E-state index in [2.05, 4.69) is 13.8 Å². The highest BCUT2D eigenvalue weighted by atomic mass is 32.1. The molecule has 2 rings (SSSR count). The first-order valence-corrected chi connectivity index (χ1v) is 7.09. The quantitative estimate of drug-likeness (QED) is 0.879. The number of rotatable bonds is 2. The number of carbonyl (C=O) groups excluding carboxylic acids is 1. The van der Waals surface area contributed by atoms with Crippen molar-refractivity contribution in [3.63, 3.8) is 0 Å². The van der Waals surface area contributed by atoms with E-state index in [1.807, 2.05) is 11.0 Å². The van der Waals surface area contributed by atoms with E-state index in [1.165, 1.54) is 11.3 Å². The molecule has 1 amide bonds. The van der Waals surface area contributed by atoms with Gasteiger partial charge in [0.25, 0.3) is 5.91 Å². The van der Waals surface area contributed by atoms with Crippen molar-refractivity contribution in [1.82, 2.24) is 4.90 Å². The van der Waals surface area contributed by atoms with Crippen molar-refractivity contribution < 1.29 is 4.79 Å². The zero-order valence-corrected chi connectivity index (χ0v) is 11.3. The van der Waals surface area contributed by atoms with E-state index < -0.39 is 0 Å². The van der Waals surface area contributed by atoms with Crippen LogP contribution < -0.4 is 5.73 Å². The number of carbonyl (C=O) groups is 1. The monoisotopic (exact) mass is 252 g/mol. The fourth-order valence-corrected chi connectivity index (χ4v) is 3.07. The van der Waals surface area contributed by atoms with Crippen LogP contribution in [0.15, 0.2) is 6.07 Å². The summed E-state index contributed by atoms with van der Waals surface area (Å²) in [6.07, 6.45) is 3.47. The van der Waals surface area contributed by atoms with Crippen molar-refractivity contribution in [2.75, 3.05) is 18.8 Å². The molecule has 0 aliphatic carbocycles. The molecule has 1 aliphatic heterocycles. The first-order chi connectivity index (χ1) is 8.09. The second-order valence-corrected chi connectivity index (χ2v) is 6.05. The van der Waals surface area contributed by atoms with Crippen LogP contribution >= 0.6 is 11.3 Å². The molecule has 0 radical (unpaired) electrons. The molecule has 1 aliphatic rings. The predicted molar refractivity (Wildman–Crippen MR) is 72.6 cm³/mol. The second kappa shape index (κ2) is 5.08. The molecule has 1 aromatic rings. The van der Waals surface area contributed by atoms with Gasteiger partial charge in [0.2, 0.25) is 0 Å². The lowest BCUT2D eigenvalue weighted by molar-refractivity contribution is 0.0726. The standard InChI is InChI=1S/C13H20N2OS/c1-9(2)11-8-10(12(14)17-11)13(16)15-6-4-3-5-7-15/h8-9H,3-7,14H2,1-2H3. The molecule has 0 aromatic carbocycles. The number of piperidine rings is 1. The summed E-state index contributed by atoms with van der Waals surface area (Å²) in [5.41, 5.74) is 6.67. The van der Waals surface area contributed by atoms with Gasteiger partial charge in [-0.3, -0.25) is 4.79 Å². The minimum atomic E-state index is 0.116. The molecule has 0 bridgehead atoms. The average Bonchev–Trinajstić information content (AvgIpc) is 2.72. The number of nitrogens with zero attached hydrogens (tertiary/aromatic N) is 1. The van der Waals surface area contributed by atoms with Gasteiger partial charge in [-0.15, -0.1) is 11.3 Å². The molecule has 1 aromatic heterocycles. The van der Waals surface area contributed by atoms with Gasteiger partial charge in [0.15, 0.2) is 0 Å². The number of hydrogen-bond donors (Lipinski definition) is 1. The lowest BCUT2D eigenvalue weighted by atomic mass is 10.1. The summed E-state index contributed by atoms with van der Waals surface area (Å²) in [6, 6.07) is 1.97. The van der Waals surface area contributed by atoms with Crippen LogP contribution in [0.4, 0.5) is 5.00 Å². The number of amides is 1. The summed E-state index contributed by atoms with van der Waals surface area (Å²) in [5, 5.41) is 0.671. The Hall–Kier alpha value is -1.03. The van der Waals surface area contributed by atoms with Crippen molar-refractivity contribution in [1.29, 1.82) is 0 Å². The normalized spacial score (nSPS) is 16.5. The molecule has 0 atom stereocenters. The third-order valence-corrected chi connectivity index (χ3v) is 4.49. The lowest BCUT2D eigenvalue weighted by Gasteiger charge is -2.26. The van der Waals surface area contributed by atoms with Crippen LogP contribution in [0.25, 0.3) is 0 Å². The molecule has 4 heteroatoms. The molecule has 0 saturated carbocycles. The van der Waals surface area contributed by atoms with Crippen LogP contribution in [0, 0.1) is 0 Å². The fraction of sp³-hybridized carbons (Fsp3) is 0.615. The molecule has 1 fully saturated rings. The number of likely N-dealkylation sites (tertiary alicyclic amines) is 1. The molecular formula is C13H20N2OS. The van der Waals surface area contributed by atoms with Gasteiger partial charge >= 0.3 is 0 Å². The van der Waals surface area contributed by atoms with Crippen molar-refractivity contribution in [2.24, 2.45) is 0 Å². The van der Waals surface area contributed by atoms with Gasteiger partial charge in [0.1, 0.15) is 0 Å². The third-order valence-electron chi connectivity index (χ3n) is 3.22. The van der Waals surface area contributed by atoms with E-state index in [4.69, 9.17) is 5.73 Å². The molecule has 1 saturated heterocycles. The van der Waals surface area contributed by atoms with E-state index in [1.54, 1.807) is 11.3 Å². The van der Waals surface area contributed by atoms with Crippen molar-refractivity contribution in [3.05, 3.63) is 16.5 Å². The van der Waals surface area contributed by atoms with Crippen molar-refractivity contribution in [2.45, 2.75) is 39.0 Å². The number of nitrogen functional groups attached to an aromatic ring is 1. The van der Waals surface area contributed by atoms with Gasteiger partial charge in [0.05, 0.1) is 10.6 Å². The molecule has 0 unspecified atom stereocenters. The number of thiophene rings is 1. The Morgan fingerprint density at radius 1 is 1.35 bits per heavy atom. The fourth-order valence-electron chi connectivity index (χ4n) is 2.14. The van der Waals surface area contributed by atoms with Crippen LogP contribution in [-0.2, 0) is 0 Å². The SMILES string of the molecule is CC(C)c1cc(C(=O)N2CCCCC2)c(N)s1. The van der Waals surface area contributed by atoms with Gasteiger partial charge < -0.3 is 10.6 Å². The Kier molecular flexibility index (Phi) is 3.72. The second-order valence-electron chi connectivity index (χ2n) is 4.93. The average molecular weight is 252 g/mol. The zero-order chi connectivity index (χ0) is 12.4. The maximum atomic E-state index is 12.3. The summed E-state index contributed by atoms with van der Waals surface area (Å²) in [7, 11) is 0. The zero-order valence-electron chi connectivity index (χ0n) is 10.5. The molecule has 0 spiro atoms. The lowest BCUT2D eigenvalue weighted by Crippen LogP contribution is -2.35. The Bertz CT molecular complexity index is 406. The van der Waals surface area contributed by atoms with Gasteiger partial charge in [-0.05, 0) is 31.2 Å². The van der Waals surface area contributed by atoms with E-state index in [0.29, 0.717) is 16.5 Å². The third kappa shape index (κ3) is 2.63. The summed E-state index contributed by atoms with van der Waals surface area (Å²) < 4.78 is 0. The van der Waals surface area contributed by atoms with Crippen LogP contribution in [0.3, 0.4) is 0 Å². The topological polar surface area (TPSA) is 46.3 Å². The van der Waals surface area contributed by atoms with Gasteiger partial charge in [-0.25, -0.2) is 0 Å². The maximum Gasteiger partial charge on any atom is 0.256 e. The highest BCUT2D eigenvalue weighted by Crippen LogP contribution is 2.31. The Labute approximate surface area is 107 Å². The molecule has 2 heterocycles. The van der Waals surface area contributed by atoms with Crippen LogP contribution in [0.1, 0.15) is 54.3 Å². The molecular weight excluding hydrogens is 232 g/mol. The summed E-state index contributed by atoms with van der Waals surface area (Å²) in [6.45, 7) is 6.01. The first kappa shape index (κ1) is 12.4. The highest BCUT2D eigenvalue weighted by molar-refractivity contribution is 7.16. The van der Waals surface area contributed by atoms with E-state index >= 15 is 0 Å². The van der Waals surface area contributed by atoms with Gasteiger partial charge in [-0.2, -0.15) is 0 Å². The number of anilines is 1. The molecule has 2 N–H and O–H groups in total. The summed E-state index contributed by atoms with van der Waals surface area (Å²) in [4.78, 5) is 15.4. The maximum absolute atomic E-state index is 12.3. The van der Waals surface area contributed by atoms with Crippen LogP contribution in [0.5, 0.6) is 0 Å². The van der Waals surface area contributed by atoms with Crippen LogP contribution in [0.2, 0.25) is 0 Å². The molecule has 3 nitrogen and oxygen atoms in total. The Morgan fingerprint density at radius 2 is 2.00 bits per heavy atom. The first-order valence-electron chi connectivity index (χ1n) is 6.28. The Balaban J connectivity index is 2.18. The molecule has 94 valence electrons. The van der Waals surface area contributed by atoms with E-state index in [-0.39, 0.29) is 5.91 Å². The summed E-state index contributed by atoms with van der Waals surface area (Å²) >= 11 is 1.55. The van der Waals surface area contributed by atoms with Crippen LogP contribution in [-0.4, -0.2) is 23.9 Å². The smallest absolute Gasteiger partial charge is 0.256 e. The van der Waals surface area contributed by atoms with Gasteiger partial charge in [0, 0.05) is 18.0 Å². The Morgan fingerprint density at radius 3 is 2.53 bits per heavy atom. The van der Waals surface area contributed by atoms with E-state index in [0.717, 1.165) is 25.9 Å². The van der Waals surface area contributed by atoms with Crippen molar-refractivity contribution in [3.8, 4) is 0 Å². The molecule has 17 heavy (non-hydrogen) atoms. The predicted octanol–water partition coefficient (Wildman–Crippen LogP) is 3.08. The highest BCUT2D eigenvalue weighted by Gasteiger charge is 2.22. The van der Waals surface area contributed by atoms with Gasteiger partial charge in [-0.1, -0.05) is 13.8 Å². The summed E-state index contributed by atoms with van der Waals surface area (Å²) in [5.74, 6) is 0.551.